The van der Waals surface area contributed by atoms with Gasteiger partial charge in [-0.15, -0.1) is 11.6 Å². The van der Waals surface area contributed by atoms with Gasteiger partial charge < -0.3 is 0 Å². The van der Waals surface area contributed by atoms with Crippen LogP contribution in [0.1, 0.15) is 25.3 Å². The third-order valence-electron chi connectivity index (χ3n) is 5.63. The smallest absolute Gasteiger partial charge is 0.0511 e. The fraction of sp³-hybridized carbons (Fsp3) is 0.318. The van der Waals surface area contributed by atoms with Crippen LogP contribution in [0.3, 0.4) is 0 Å². The summed E-state index contributed by atoms with van der Waals surface area (Å²) in [6.45, 7) is 2.25. The molecule has 3 aliphatic rings. The second-order valence-corrected chi connectivity index (χ2v) is 7.82. The lowest BCUT2D eigenvalue weighted by molar-refractivity contribution is 0.337. The summed E-state index contributed by atoms with van der Waals surface area (Å²) in [7, 11) is 0. The van der Waals surface area contributed by atoms with Crippen LogP contribution in [0, 0.1) is 17.8 Å². The molecule has 25 heavy (non-hydrogen) atoms. The molecular formula is C22H21Cl2N. The Morgan fingerprint density at radius 2 is 2.12 bits per heavy atom. The average Bonchev–Trinajstić information content (AvgIpc) is 2.87. The van der Waals surface area contributed by atoms with Crippen LogP contribution in [0.4, 0.5) is 0 Å². The molecule has 0 spiro atoms. The van der Waals surface area contributed by atoms with Gasteiger partial charge in [-0.25, -0.2) is 0 Å². The Hall–Kier alpha value is -1.57. The van der Waals surface area contributed by atoms with Crippen LogP contribution in [0.25, 0.3) is 5.57 Å². The minimum atomic E-state index is 0.0385. The summed E-state index contributed by atoms with van der Waals surface area (Å²) in [5, 5.41) is 0.922. The summed E-state index contributed by atoms with van der Waals surface area (Å²) in [6, 6.07) is 4.12. The van der Waals surface area contributed by atoms with Crippen LogP contribution in [0.5, 0.6) is 0 Å². The van der Waals surface area contributed by atoms with Crippen molar-refractivity contribution in [2.45, 2.75) is 25.1 Å². The van der Waals surface area contributed by atoms with Crippen LogP contribution >= 0.6 is 23.2 Å². The summed E-state index contributed by atoms with van der Waals surface area (Å²) < 4.78 is 0. The lowest BCUT2D eigenvalue weighted by Crippen LogP contribution is -2.36. The van der Waals surface area contributed by atoms with Crippen molar-refractivity contribution in [1.29, 1.82) is 0 Å². The summed E-state index contributed by atoms with van der Waals surface area (Å²) in [6.07, 6.45) is 18.7. The predicted molar refractivity (Wildman–Crippen MR) is 106 cm³/mol. The fourth-order valence-electron chi connectivity index (χ4n) is 4.29. The number of alkyl halides is 1. The lowest BCUT2D eigenvalue weighted by Gasteiger charge is -2.40. The maximum Gasteiger partial charge on any atom is 0.0511 e. The van der Waals surface area contributed by atoms with Crippen molar-refractivity contribution in [3.8, 4) is 0 Å². The lowest BCUT2D eigenvalue weighted by atomic mass is 9.69. The number of rotatable bonds is 2. The summed E-state index contributed by atoms with van der Waals surface area (Å²) in [4.78, 5) is 4.28. The van der Waals surface area contributed by atoms with Gasteiger partial charge in [0.25, 0.3) is 0 Å². The highest BCUT2D eigenvalue weighted by atomic mass is 35.5. The van der Waals surface area contributed by atoms with E-state index in [2.05, 4.69) is 48.4 Å². The van der Waals surface area contributed by atoms with E-state index in [-0.39, 0.29) is 17.2 Å². The van der Waals surface area contributed by atoms with Gasteiger partial charge in [-0.2, -0.15) is 0 Å². The van der Waals surface area contributed by atoms with Gasteiger partial charge in [0.2, 0.25) is 0 Å². The first-order chi connectivity index (χ1) is 12.2. The van der Waals surface area contributed by atoms with Crippen molar-refractivity contribution in [3.63, 3.8) is 0 Å². The molecular weight excluding hydrogens is 349 g/mol. The molecule has 0 fully saturated rings. The summed E-state index contributed by atoms with van der Waals surface area (Å²) in [5.41, 5.74) is 4.84. The Balaban J connectivity index is 1.82. The van der Waals surface area contributed by atoms with Crippen LogP contribution in [-0.2, 0) is 0 Å². The summed E-state index contributed by atoms with van der Waals surface area (Å²) in [5.74, 6) is 0.946. The minimum Gasteiger partial charge on any atom is -0.264 e. The molecule has 4 unspecified atom stereocenters. The van der Waals surface area contributed by atoms with Crippen LogP contribution in [0.2, 0.25) is 0 Å². The van der Waals surface area contributed by atoms with E-state index in [9.17, 15) is 0 Å². The molecule has 4 rings (SSSR count). The molecule has 4 atom stereocenters. The largest absolute Gasteiger partial charge is 0.264 e. The van der Waals surface area contributed by atoms with Crippen molar-refractivity contribution >= 4 is 28.8 Å². The molecule has 1 aromatic heterocycles. The van der Waals surface area contributed by atoms with E-state index in [1.165, 1.54) is 16.7 Å². The first-order valence-electron chi connectivity index (χ1n) is 8.90. The van der Waals surface area contributed by atoms with E-state index in [4.69, 9.17) is 23.2 Å². The molecule has 0 amide bonds. The van der Waals surface area contributed by atoms with Crippen LogP contribution < -0.4 is 0 Å². The Kier molecular flexibility index (Phi) is 4.71. The zero-order valence-corrected chi connectivity index (χ0v) is 15.7. The quantitative estimate of drug-likeness (QED) is 0.557. The van der Waals surface area contributed by atoms with Crippen molar-refractivity contribution in [2.24, 2.45) is 17.8 Å². The maximum atomic E-state index is 7.01. The minimum absolute atomic E-state index is 0.0385. The van der Waals surface area contributed by atoms with Gasteiger partial charge in [-0.3, -0.25) is 4.98 Å². The zero-order chi connectivity index (χ0) is 17.4. The first-order valence-corrected chi connectivity index (χ1v) is 9.72. The van der Waals surface area contributed by atoms with E-state index in [0.717, 1.165) is 23.4 Å². The number of halogens is 2. The highest BCUT2D eigenvalue weighted by molar-refractivity contribution is 6.33. The van der Waals surface area contributed by atoms with Crippen molar-refractivity contribution in [3.05, 3.63) is 82.7 Å². The topological polar surface area (TPSA) is 12.9 Å². The van der Waals surface area contributed by atoms with Gasteiger partial charge >= 0.3 is 0 Å². The molecule has 1 aromatic rings. The second kappa shape index (κ2) is 6.97. The van der Waals surface area contributed by atoms with Gasteiger partial charge in [0.05, 0.1) is 5.38 Å². The van der Waals surface area contributed by atoms with Crippen LogP contribution in [0.15, 0.2) is 77.2 Å². The monoisotopic (exact) mass is 369 g/mol. The third kappa shape index (κ3) is 2.94. The van der Waals surface area contributed by atoms with Crippen molar-refractivity contribution in [1.82, 2.24) is 4.98 Å². The van der Waals surface area contributed by atoms with Gasteiger partial charge in [-0.05, 0) is 40.7 Å². The van der Waals surface area contributed by atoms with E-state index >= 15 is 0 Å². The number of hydrogen-bond donors (Lipinski definition) is 0. The first kappa shape index (κ1) is 16.9. The standard InChI is InChI=1S/C22H21Cl2N/c1-2-14-12-15(16-6-5-11-25-13-16)9-10-19-20(14)22(24)18-8-4-3-7-17(18)21(19)23/h3-11,13-14,18,20,22H,2,12H2,1H3. The summed E-state index contributed by atoms with van der Waals surface area (Å²) >= 11 is 13.9. The highest BCUT2D eigenvalue weighted by Gasteiger charge is 2.42. The maximum absolute atomic E-state index is 7.01. The number of pyridine rings is 1. The molecule has 1 heterocycles. The molecule has 0 saturated carbocycles. The SMILES string of the molecule is CCC1CC(c2cccnc2)=CC=C2C(Cl)=C3C=CC=CC3C(Cl)C21. The molecule has 0 bridgehead atoms. The van der Waals surface area contributed by atoms with E-state index in [1.807, 2.05) is 24.5 Å². The molecule has 128 valence electrons. The molecule has 0 saturated heterocycles. The molecule has 0 N–H and O–H groups in total. The zero-order valence-electron chi connectivity index (χ0n) is 14.2. The Morgan fingerprint density at radius 1 is 1.24 bits per heavy atom. The normalized spacial score (nSPS) is 31.0. The van der Waals surface area contributed by atoms with E-state index in [0.29, 0.717) is 5.92 Å². The Labute approximate surface area is 159 Å². The third-order valence-corrected chi connectivity index (χ3v) is 6.61. The molecule has 3 heteroatoms. The highest BCUT2D eigenvalue weighted by Crippen LogP contribution is 2.51. The predicted octanol–water partition coefficient (Wildman–Crippen LogP) is 6.29. The fourth-order valence-corrected chi connectivity index (χ4v) is 5.23. The average molecular weight is 370 g/mol. The van der Waals surface area contributed by atoms with Gasteiger partial charge in [0, 0.05) is 29.3 Å². The van der Waals surface area contributed by atoms with Gasteiger partial charge in [0.1, 0.15) is 0 Å². The van der Waals surface area contributed by atoms with E-state index in [1.54, 1.807) is 0 Å². The second-order valence-electron chi connectivity index (χ2n) is 6.94. The number of aromatic nitrogens is 1. The van der Waals surface area contributed by atoms with Crippen molar-refractivity contribution in [2.75, 3.05) is 0 Å². The Morgan fingerprint density at radius 3 is 2.88 bits per heavy atom. The molecule has 0 radical (unpaired) electrons. The number of nitrogens with zero attached hydrogens (tertiary/aromatic N) is 1. The number of fused-ring (bicyclic) bond motifs is 2. The van der Waals surface area contributed by atoms with Crippen LogP contribution in [-0.4, -0.2) is 10.4 Å². The van der Waals surface area contributed by atoms with Crippen molar-refractivity contribution < 1.29 is 0 Å². The number of allylic oxidation sites excluding steroid dienone is 10. The van der Waals surface area contributed by atoms with E-state index < -0.39 is 0 Å². The molecule has 1 nitrogen and oxygen atoms in total. The molecule has 0 aliphatic heterocycles. The number of hydrogen-bond acceptors (Lipinski definition) is 1. The molecule has 0 aromatic carbocycles. The van der Waals surface area contributed by atoms with Gasteiger partial charge in [-0.1, -0.05) is 67.5 Å². The Bertz CT molecular complexity index is 814. The van der Waals surface area contributed by atoms with Gasteiger partial charge in [0.15, 0.2) is 0 Å². The molecule has 3 aliphatic carbocycles.